The van der Waals surface area contributed by atoms with Gasteiger partial charge in [-0.3, -0.25) is 4.79 Å². The molecule has 0 aromatic heterocycles. The highest BCUT2D eigenvalue weighted by Gasteiger charge is 2.03. The summed E-state index contributed by atoms with van der Waals surface area (Å²) in [5.41, 5.74) is 1.64. The molecule has 4 nitrogen and oxygen atoms in total. The summed E-state index contributed by atoms with van der Waals surface area (Å²) in [5, 5.41) is 2.74. The standard InChI is InChI=1S/C21H21NO3/c1-3-8-17-9-4-5-10-20(17)25-16-7-6-15-22-21(23)18-11-13-19(24-2)14-12-18/h3-5,9-14H,1,8,15-16H2,2H3,(H,22,23). The molecule has 0 heterocycles. The topological polar surface area (TPSA) is 47.6 Å². The third kappa shape index (κ3) is 5.74. The van der Waals surface area contributed by atoms with Gasteiger partial charge in [0.05, 0.1) is 13.7 Å². The number of benzene rings is 2. The molecule has 0 fully saturated rings. The van der Waals surface area contributed by atoms with Gasteiger partial charge in [0.2, 0.25) is 0 Å². The number of allylic oxidation sites excluding steroid dienone is 1. The van der Waals surface area contributed by atoms with Crippen molar-refractivity contribution in [3.05, 3.63) is 72.3 Å². The Labute approximate surface area is 148 Å². The average Bonchev–Trinajstić information content (AvgIpc) is 2.66. The van der Waals surface area contributed by atoms with Crippen LogP contribution in [0.2, 0.25) is 0 Å². The molecule has 2 aromatic carbocycles. The Hall–Kier alpha value is -3.19. The van der Waals surface area contributed by atoms with Gasteiger partial charge in [-0.15, -0.1) is 6.58 Å². The second-order valence-corrected chi connectivity index (χ2v) is 5.15. The van der Waals surface area contributed by atoms with Gasteiger partial charge in [0, 0.05) is 5.56 Å². The summed E-state index contributed by atoms with van der Waals surface area (Å²) in [6.45, 7) is 4.28. The van der Waals surface area contributed by atoms with Gasteiger partial charge < -0.3 is 14.8 Å². The number of ether oxygens (including phenoxy) is 2. The molecule has 0 saturated carbocycles. The summed E-state index contributed by atoms with van der Waals surface area (Å²) in [5.74, 6) is 7.12. The highest BCUT2D eigenvalue weighted by atomic mass is 16.5. The molecular weight excluding hydrogens is 314 g/mol. The monoisotopic (exact) mass is 335 g/mol. The molecule has 0 unspecified atom stereocenters. The van der Waals surface area contributed by atoms with Crippen molar-refractivity contribution in [3.8, 4) is 23.3 Å². The summed E-state index contributed by atoms with van der Waals surface area (Å²) in [7, 11) is 1.59. The Morgan fingerprint density at radius 2 is 1.92 bits per heavy atom. The van der Waals surface area contributed by atoms with Crippen LogP contribution in [0.1, 0.15) is 15.9 Å². The first kappa shape index (κ1) is 18.2. The molecular formula is C21H21NO3. The van der Waals surface area contributed by atoms with E-state index >= 15 is 0 Å². The molecule has 2 rings (SSSR count). The molecule has 0 radical (unpaired) electrons. The maximum Gasteiger partial charge on any atom is 0.252 e. The van der Waals surface area contributed by atoms with Gasteiger partial charge in [-0.05, 0) is 42.3 Å². The fraction of sp³-hybridized carbons (Fsp3) is 0.190. The number of hydrogen-bond acceptors (Lipinski definition) is 3. The van der Waals surface area contributed by atoms with Crippen molar-refractivity contribution in [2.24, 2.45) is 0 Å². The van der Waals surface area contributed by atoms with Crippen molar-refractivity contribution in [1.82, 2.24) is 5.32 Å². The lowest BCUT2D eigenvalue weighted by Crippen LogP contribution is -2.23. The predicted molar refractivity (Wildman–Crippen MR) is 98.9 cm³/mol. The highest BCUT2D eigenvalue weighted by Crippen LogP contribution is 2.18. The van der Waals surface area contributed by atoms with E-state index in [2.05, 4.69) is 23.7 Å². The Bertz CT molecular complexity index is 770. The lowest BCUT2D eigenvalue weighted by atomic mass is 10.1. The lowest BCUT2D eigenvalue weighted by Gasteiger charge is -2.07. The Kier molecular flexibility index (Phi) is 7.14. The van der Waals surface area contributed by atoms with Crippen molar-refractivity contribution in [3.63, 3.8) is 0 Å². The van der Waals surface area contributed by atoms with E-state index in [0.717, 1.165) is 17.7 Å². The van der Waals surface area contributed by atoms with E-state index in [-0.39, 0.29) is 19.1 Å². The van der Waals surface area contributed by atoms with E-state index in [1.54, 1.807) is 31.4 Å². The molecule has 1 amide bonds. The van der Waals surface area contributed by atoms with Gasteiger partial charge in [0.1, 0.15) is 18.1 Å². The zero-order chi connectivity index (χ0) is 17.9. The minimum atomic E-state index is -0.172. The van der Waals surface area contributed by atoms with Crippen molar-refractivity contribution >= 4 is 5.91 Å². The maximum absolute atomic E-state index is 12.0. The van der Waals surface area contributed by atoms with Crippen LogP contribution >= 0.6 is 0 Å². The molecule has 0 bridgehead atoms. The van der Waals surface area contributed by atoms with Gasteiger partial charge in [-0.2, -0.15) is 0 Å². The Balaban J connectivity index is 1.77. The molecule has 0 atom stereocenters. The second-order valence-electron chi connectivity index (χ2n) is 5.15. The average molecular weight is 335 g/mol. The van der Waals surface area contributed by atoms with Crippen LogP contribution in [0.3, 0.4) is 0 Å². The minimum absolute atomic E-state index is 0.172. The Morgan fingerprint density at radius 3 is 2.64 bits per heavy atom. The van der Waals surface area contributed by atoms with Gasteiger partial charge in [-0.1, -0.05) is 36.1 Å². The first-order valence-electron chi connectivity index (χ1n) is 7.94. The molecule has 0 spiro atoms. The number of hydrogen-bond donors (Lipinski definition) is 1. The zero-order valence-corrected chi connectivity index (χ0v) is 14.2. The van der Waals surface area contributed by atoms with E-state index in [9.17, 15) is 4.79 Å². The minimum Gasteiger partial charge on any atom is -0.497 e. The molecule has 0 aliphatic heterocycles. The van der Waals surface area contributed by atoms with Gasteiger partial charge >= 0.3 is 0 Å². The fourth-order valence-electron chi connectivity index (χ4n) is 2.17. The van der Waals surface area contributed by atoms with E-state index < -0.39 is 0 Å². The number of nitrogens with one attached hydrogen (secondary N) is 1. The molecule has 4 heteroatoms. The van der Waals surface area contributed by atoms with Crippen LogP contribution in [-0.2, 0) is 6.42 Å². The van der Waals surface area contributed by atoms with Gasteiger partial charge in [0.15, 0.2) is 0 Å². The van der Waals surface area contributed by atoms with Crippen molar-refractivity contribution < 1.29 is 14.3 Å². The maximum atomic E-state index is 12.0. The highest BCUT2D eigenvalue weighted by molar-refractivity contribution is 5.94. The largest absolute Gasteiger partial charge is 0.497 e. The third-order valence-electron chi connectivity index (χ3n) is 3.45. The first-order chi connectivity index (χ1) is 12.2. The molecule has 0 aliphatic rings. The number of methoxy groups -OCH3 is 1. The van der Waals surface area contributed by atoms with Gasteiger partial charge in [0.25, 0.3) is 5.91 Å². The summed E-state index contributed by atoms with van der Waals surface area (Å²) in [6.07, 6.45) is 2.59. The van der Waals surface area contributed by atoms with E-state index in [4.69, 9.17) is 9.47 Å². The quantitative estimate of drug-likeness (QED) is 0.624. The van der Waals surface area contributed by atoms with Crippen LogP contribution < -0.4 is 14.8 Å². The normalized spacial score (nSPS) is 9.48. The fourth-order valence-corrected chi connectivity index (χ4v) is 2.17. The molecule has 1 N–H and O–H groups in total. The SMILES string of the molecule is C=CCc1ccccc1OCC#CCNC(=O)c1ccc(OC)cc1. The lowest BCUT2D eigenvalue weighted by molar-refractivity contribution is 0.0958. The van der Waals surface area contributed by atoms with Crippen molar-refractivity contribution in [2.45, 2.75) is 6.42 Å². The van der Waals surface area contributed by atoms with Crippen LogP contribution in [0.4, 0.5) is 0 Å². The summed E-state index contributed by atoms with van der Waals surface area (Å²) < 4.78 is 10.7. The summed E-state index contributed by atoms with van der Waals surface area (Å²) in [6, 6.07) is 14.7. The van der Waals surface area contributed by atoms with Crippen LogP contribution in [-0.4, -0.2) is 26.2 Å². The van der Waals surface area contributed by atoms with Crippen LogP contribution in [0.25, 0.3) is 0 Å². The number of rotatable bonds is 7. The smallest absolute Gasteiger partial charge is 0.252 e. The van der Waals surface area contributed by atoms with Crippen LogP contribution in [0, 0.1) is 11.8 Å². The number of carbonyl (C=O) groups is 1. The number of carbonyl (C=O) groups excluding carboxylic acids is 1. The third-order valence-corrected chi connectivity index (χ3v) is 3.45. The van der Waals surface area contributed by atoms with Gasteiger partial charge in [-0.25, -0.2) is 0 Å². The Morgan fingerprint density at radius 1 is 1.16 bits per heavy atom. The first-order valence-corrected chi connectivity index (χ1v) is 7.94. The van der Waals surface area contributed by atoms with E-state index in [1.807, 2.05) is 30.3 Å². The molecule has 2 aromatic rings. The summed E-state index contributed by atoms with van der Waals surface area (Å²) >= 11 is 0. The molecule has 25 heavy (non-hydrogen) atoms. The van der Waals surface area contributed by atoms with Crippen LogP contribution in [0.15, 0.2) is 61.2 Å². The molecule has 128 valence electrons. The predicted octanol–water partition coefficient (Wildman–Crippen LogP) is 3.24. The second kappa shape index (κ2) is 9.84. The summed E-state index contributed by atoms with van der Waals surface area (Å²) in [4.78, 5) is 12.0. The number of amides is 1. The van der Waals surface area contributed by atoms with Crippen molar-refractivity contribution in [2.75, 3.05) is 20.3 Å². The van der Waals surface area contributed by atoms with E-state index in [0.29, 0.717) is 11.3 Å². The van der Waals surface area contributed by atoms with Crippen molar-refractivity contribution in [1.29, 1.82) is 0 Å². The van der Waals surface area contributed by atoms with Crippen LogP contribution in [0.5, 0.6) is 11.5 Å². The van der Waals surface area contributed by atoms with E-state index in [1.165, 1.54) is 0 Å². The zero-order valence-electron chi connectivity index (χ0n) is 14.2. The molecule has 0 saturated heterocycles. The molecule has 0 aliphatic carbocycles. The number of para-hydroxylation sites is 1.